The summed E-state index contributed by atoms with van der Waals surface area (Å²) in [6.45, 7) is 2.15. The van der Waals surface area contributed by atoms with Crippen LogP contribution in [0, 0.1) is 17.2 Å². The number of pyridine rings is 2. The predicted octanol–water partition coefficient (Wildman–Crippen LogP) is -0.202. The van der Waals surface area contributed by atoms with Gasteiger partial charge in [0.05, 0.1) is 5.56 Å². The Bertz CT molecular complexity index is 1040. The van der Waals surface area contributed by atoms with Gasteiger partial charge in [-0.2, -0.15) is 4.40 Å². The van der Waals surface area contributed by atoms with Crippen molar-refractivity contribution < 1.29 is 33.3 Å². The number of hydrogen-bond acceptors (Lipinski definition) is 4. The maximum Gasteiger partial charge on any atom is 0.219 e. The Kier molecular flexibility index (Phi) is 5.18. The molecule has 0 spiro atoms. The summed E-state index contributed by atoms with van der Waals surface area (Å²) in [6.07, 6.45) is 4.32. The maximum absolute atomic E-state index is 8.49. The molecule has 0 atom stereocenters. The van der Waals surface area contributed by atoms with E-state index in [0.29, 0.717) is 0 Å². The largest absolute Gasteiger partial charge is 0.222 e. The smallest absolute Gasteiger partial charge is 0.219 e. The highest BCUT2D eigenvalue weighted by atomic mass is 35.7. The first kappa shape index (κ1) is 18.3. The van der Waals surface area contributed by atoms with E-state index in [1.807, 2.05) is 0 Å². The van der Waals surface area contributed by atoms with Crippen molar-refractivity contribution >= 4 is 16.3 Å². The summed E-state index contributed by atoms with van der Waals surface area (Å²) in [6, 6.07) is 23.7. The number of rotatable bonds is 1. The van der Waals surface area contributed by atoms with Gasteiger partial charge < -0.3 is 0 Å². The fourth-order valence-corrected chi connectivity index (χ4v) is 2.98. The molecule has 0 bridgehead atoms. The Morgan fingerprint density at radius 1 is 0.808 bits per heavy atom. The molecule has 5 nitrogen and oxygen atoms in total. The SMILES string of the molecule is Cc1ccc2c[n+]3ccccc3c(-c3ccccc3)c2c1.[O-][Cl+3]([O-])([O-])[O-]. The highest BCUT2D eigenvalue weighted by molar-refractivity contribution is 6.01. The Morgan fingerprint density at radius 2 is 1.46 bits per heavy atom. The summed E-state index contributed by atoms with van der Waals surface area (Å²) in [4.78, 5) is 0. The van der Waals surface area contributed by atoms with Crippen LogP contribution in [0.15, 0.2) is 79.1 Å². The third kappa shape index (κ3) is 4.35. The van der Waals surface area contributed by atoms with E-state index >= 15 is 0 Å². The van der Waals surface area contributed by atoms with Crippen molar-refractivity contribution in [3.63, 3.8) is 0 Å². The first-order valence-corrected chi connectivity index (χ1v) is 9.07. The summed E-state index contributed by atoms with van der Waals surface area (Å²) in [7, 11) is -4.94. The number of aryl methyl sites for hydroxylation is 1. The first-order valence-electron chi connectivity index (χ1n) is 7.83. The van der Waals surface area contributed by atoms with Gasteiger partial charge >= 0.3 is 0 Å². The first-order chi connectivity index (χ1) is 12.3. The quantitative estimate of drug-likeness (QED) is 0.343. The van der Waals surface area contributed by atoms with E-state index in [0.717, 1.165) is 0 Å². The molecule has 4 rings (SSSR count). The fraction of sp³-hybridized carbons (Fsp3) is 0.0500. The minimum Gasteiger partial charge on any atom is -0.222 e. The number of aromatic nitrogens is 1. The van der Waals surface area contributed by atoms with E-state index in [4.69, 9.17) is 18.6 Å². The van der Waals surface area contributed by atoms with E-state index in [9.17, 15) is 0 Å². The predicted molar refractivity (Wildman–Crippen MR) is 87.3 cm³/mol. The monoisotopic (exact) mass is 369 g/mol. The molecule has 0 saturated heterocycles. The summed E-state index contributed by atoms with van der Waals surface area (Å²) in [5, 5.41) is 2.58. The molecule has 0 N–H and O–H groups in total. The lowest BCUT2D eigenvalue weighted by Crippen LogP contribution is -2.68. The van der Waals surface area contributed by atoms with Gasteiger partial charge in [-0.3, -0.25) is 0 Å². The summed E-state index contributed by atoms with van der Waals surface area (Å²) >= 11 is 0. The van der Waals surface area contributed by atoms with Gasteiger partial charge in [-0.05, 0) is 24.6 Å². The molecule has 0 fully saturated rings. The third-order valence-corrected chi connectivity index (χ3v) is 3.96. The number of halogens is 1. The molecule has 0 aliphatic carbocycles. The van der Waals surface area contributed by atoms with Crippen molar-refractivity contribution in [3.8, 4) is 11.1 Å². The van der Waals surface area contributed by atoms with Crippen LogP contribution in [0.25, 0.3) is 27.4 Å². The van der Waals surface area contributed by atoms with Gasteiger partial charge in [0.1, 0.15) is 0 Å². The molecule has 26 heavy (non-hydrogen) atoms. The number of nitrogens with zero attached hydrogens (tertiary/aromatic N) is 1. The summed E-state index contributed by atoms with van der Waals surface area (Å²) in [5.41, 5.74) is 5.09. The molecule has 0 saturated carbocycles. The highest BCUT2D eigenvalue weighted by Gasteiger charge is 2.15. The fourth-order valence-electron chi connectivity index (χ4n) is 2.98. The Labute approximate surface area is 152 Å². The molecule has 6 heteroatoms. The van der Waals surface area contributed by atoms with Crippen LogP contribution in [0.2, 0.25) is 0 Å². The average molecular weight is 370 g/mol. The van der Waals surface area contributed by atoms with Crippen molar-refractivity contribution in [3.05, 3.63) is 84.7 Å². The Hall–Kier alpha value is -2.54. The molecule has 0 unspecified atom stereocenters. The van der Waals surface area contributed by atoms with E-state index in [1.165, 1.54) is 33.0 Å². The second kappa shape index (κ2) is 7.37. The van der Waals surface area contributed by atoms with Crippen LogP contribution in [0.4, 0.5) is 0 Å². The van der Waals surface area contributed by atoms with Crippen molar-refractivity contribution in [1.29, 1.82) is 0 Å². The van der Waals surface area contributed by atoms with Crippen LogP contribution in [-0.4, -0.2) is 0 Å². The van der Waals surface area contributed by atoms with Crippen molar-refractivity contribution in [1.82, 2.24) is 0 Å². The zero-order valence-corrected chi connectivity index (χ0v) is 14.7. The third-order valence-electron chi connectivity index (χ3n) is 3.96. The van der Waals surface area contributed by atoms with E-state index in [-0.39, 0.29) is 0 Å². The highest BCUT2D eigenvalue weighted by Crippen LogP contribution is 2.31. The van der Waals surface area contributed by atoms with Gasteiger partial charge in [0, 0.05) is 22.9 Å². The lowest BCUT2D eigenvalue weighted by Gasteiger charge is -2.17. The average Bonchev–Trinajstić information content (AvgIpc) is 2.59. The molecule has 0 aliphatic heterocycles. The van der Waals surface area contributed by atoms with Gasteiger partial charge in [0.25, 0.3) is 0 Å². The molecule has 0 amide bonds. The summed E-state index contributed by atoms with van der Waals surface area (Å²) < 4.78 is 36.2. The molecule has 2 heterocycles. The zero-order valence-electron chi connectivity index (χ0n) is 14.0. The van der Waals surface area contributed by atoms with Gasteiger partial charge in [-0.1, -0.05) is 48.0 Å². The molecule has 0 aliphatic rings. The van der Waals surface area contributed by atoms with Crippen molar-refractivity contribution in [2.75, 3.05) is 0 Å². The van der Waals surface area contributed by atoms with Gasteiger partial charge in [0.15, 0.2) is 12.4 Å². The van der Waals surface area contributed by atoms with Crippen LogP contribution in [0.5, 0.6) is 0 Å². The molecule has 4 aromatic rings. The number of hydrogen-bond donors (Lipinski definition) is 0. The minimum atomic E-state index is -4.94. The van der Waals surface area contributed by atoms with E-state index < -0.39 is 10.2 Å². The zero-order chi connectivity index (χ0) is 18.7. The molecular weight excluding hydrogens is 354 g/mol. The molecule has 2 aromatic heterocycles. The molecule has 2 aromatic carbocycles. The Morgan fingerprint density at radius 3 is 2.15 bits per heavy atom. The number of fused-ring (bicyclic) bond motifs is 2. The number of benzene rings is 2. The van der Waals surface area contributed by atoms with Crippen LogP contribution in [-0.2, 0) is 0 Å². The Balaban J connectivity index is 0.000000349. The van der Waals surface area contributed by atoms with Crippen LogP contribution >= 0.6 is 0 Å². The molecule has 132 valence electrons. The van der Waals surface area contributed by atoms with Crippen LogP contribution < -0.4 is 23.0 Å². The second-order valence-electron chi connectivity index (χ2n) is 5.83. The van der Waals surface area contributed by atoms with Crippen LogP contribution in [0.1, 0.15) is 5.56 Å². The molecule has 0 radical (unpaired) electrons. The van der Waals surface area contributed by atoms with Crippen molar-refractivity contribution in [2.24, 2.45) is 0 Å². The lowest BCUT2D eigenvalue weighted by atomic mass is 9.97. The van der Waals surface area contributed by atoms with Gasteiger partial charge in [-0.25, -0.2) is 18.6 Å². The van der Waals surface area contributed by atoms with Gasteiger partial charge in [-0.15, -0.1) is 10.2 Å². The van der Waals surface area contributed by atoms with E-state index in [1.54, 1.807) is 0 Å². The minimum absolute atomic E-state index is 1.24. The lowest BCUT2D eigenvalue weighted by molar-refractivity contribution is -2.00. The standard InChI is InChI=1S/C20H16N.ClHO4/c1-15-10-11-17-14-21-12-6-5-9-19(21)20(18(17)13-15)16-7-3-2-4-8-16;2-1(3,4)5/h2-14H,1H3;(H,2,3,4,5)/q+1;/p-1. The normalized spacial score (nSPS) is 11.3. The summed E-state index contributed by atoms with van der Waals surface area (Å²) in [5.74, 6) is 0. The maximum atomic E-state index is 8.49. The second-order valence-corrected chi connectivity index (χ2v) is 6.59. The topological polar surface area (TPSA) is 96.3 Å². The van der Waals surface area contributed by atoms with E-state index in [2.05, 4.69) is 90.4 Å². The van der Waals surface area contributed by atoms with Crippen LogP contribution in [0.3, 0.4) is 0 Å². The molecular formula is C20H16ClNO4. The van der Waals surface area contributed by atoms with Gasteiger partial charge in [0.2, 0.25) is 5.52 Å². The van der Waals surface area contributed by atoms with Crippen molar-refractivity contribution in [2.45, 2.75) is 6.92 Å².